The molecule has 12 heteroatoms. The Hall–Kier alpha value is -4.78. The Kier molecular flexibility index (Phi) is 14.3. The number of benzene rings is 3. The smallest absolute Gasteiger partial charge is 0.414 e. The maximum absolute atomic E-state index is 13.0. The molecule has 1 saturated carbocycles. The van der Waals surface area contributed by atoms with Crippen LogP contribution in [0.3, 0.4) is 0 Å². The average Bonchev–Trinajstić information content (AvgIpc) is 3.57. The maximum atomic E-state index is 13.0. The first-order valence-corrected chi connectivity index (χ1v) is 23.9. The molecule has 328 valence electrons. The van der Waals surface area contributed by atoms with Crippen molar-refractivity contribution in [3.63, 3.8) is 0 Å². The summed E-state index contributed by atoms with van der Waals surface area (Å²) < 4.78 is 20.8. The Bertz CT molecular complexity index is 2160. The molecule has 1 amide bonds. The van der Waals surface area contributed by atoms with E-state index in [0.717, 1.165) is 48.6 Å². The molecule has 11 nitrogen and oxygen atoms in total. The number of hydrogen-bond acceptors (Lipinski definition) is 9. The Morgan fingerprint density at radius 3 is 2.11 bits per heavy atom. The number of amides is 1. The van der Waals surface area contributed by atoms with E-state index in [0.29, 0.717) is 35.9 Å². The van der Waals surface area contributed by atoms with Gasteiger partial charge >= 0.3 is 6.09 Å². The van der Waals surface area contributed by atoms with Crippen LogP contribution in [0.2, 0.25) is 5.04 Å². The van der Waals surface area contributed by atoms with E-state index >= 15 is 0 Å². The van der Waals surface area contributed by atoms with Crippen molar-refractivity contribution in [1.82, 2.24) is 25.1 Å². The van der Waals surface area contributed by atoms with Crippen molar-refractivity contribution in [1.29, 1.82) is 0 Å². The van der Waals surface area contributed by atoms with Crippen molar-refractivity contribution in [2.75, 3.05) is 24.4 Å². The summed E-state index contributed by atoms with van der Waals surface area (Å²) in [4.78, 5) is 22.6. The van der Waals surface area contributed by atoms with E-state index in [1.807, 2.05) is 25.5 Å². The van der Waals surface area contributed by atoms with E-state index in [4.69, 9.17) is 29.0 Å². The number of carbonyl (C=O) groups excluding carboxylic acids is 1. The molecule has 0 radical (unpaired) electrons. The normalized spacial score (nSPS) is 16.5. The fourth-order valence-electron chi connectivity index (χ4n) is 8.56. The fraction of sp³-hybridized carbons (Fsp3) is 0.510. The topological polar surface area (TPSA) is 124 Å². The maximum Gasteiger partial charge on any atom is 0.414 e. The molecule has 1 aliphatic rings. The highest BCUT2D eigenvalue weighted by molar-refractivity contribution is 6.99. The highest BCUT2D eigenvalue weighted by Crippen LogP contribution is 2.42. The van der Waals surface area contributed by atoms with Crippen molar-refractivity contribution in [2.24, 2.45) is 11.3 Å². The van der Waals surface area contributed by atoms with E-state index in [9.17, 15) is 4.79 Å². The number of nitrogens with one attached hydrogen (secondary N) is 3. The lowest BCUT2D eigenvalue weighted by molar-refractivity contribution is 0.0634. The molecule has 61 heavy (non-hydrogen) atoms. The van der Waals surface area contributed by atoms with Crippen LogP contribution < -0.4 is 31.1 Å². The van der Waals surface area contributed by atoms with E-state index < -0.39 is 20.0 Å². The first-order chi connectivity index (χ1) is 28.9. The first-order valence-electron chi connectivity index (χ1n) is 22.0. The molecule has 1 atom stereocenters. The quantitative estimate of drug-likeness (QED) is 0.0785. The van der Waals surface area contributed by atoms with Gasteiger partial charge in [-0.2, -0.15) is 10.1 Å². The molecule has 3 N–H and O–H groups in total. The van der Waals surface area contributed by atoms with E-state index in [1.165, 1.54) is 28.8 Å². The van der Waals surface area contributed by atoms with Crippen molar-refractivity contribution in [2.45, 2.75) is 137 Å². The van der Waals surface area contributed by atoms with E-state index in [2.05, 4.69) is 143 Å². The van der Waals surface area contributed by atoms with Crippen molar-refractivity contribution in [3.05, 3.63) is 96.2 Å². The summed E-state index contributed by atoms with van der Waals surface area (Å²) in [7, 11) is -1.03. The van der Waals surface area contributed by atoms with Crippen LogP contribution in [0.15, 0.2) is 85.1 Å². The lowest BCUT2D eigenvalue weighted by atomic mass is 9.66. The number of carbonyl (C=O) groups is 1. The number of nitrogens with zero attached hydrogens (tertiary/aromatic N) is 4. The zero-order chi connectivity index (χ0) is 44.0. The summed E-state index contributed by atoms with van der Waals surface area (Å²) in [6.07, 6.45) is 6.07. The number of fused-ring (bicyclic) bond motifs is 1. The van der Waals surface area contributed by atoms with Gasteiger partial charge in [0.2, 0.25) is 5.95 Å². The molecule has 0 unspecified atom stereocenters. The van der Waals surface area contributed by atoms with Gasteiger partial charge in [0.25, 0.3) is 8.32 Å². The summed E-state index contributed by atoms with van der Waals surface area (Å²) in [6, 6.07) is 28.4. The first kappa shape index (κ1) is 45.7. The van der Waals surface area contributed by atoms with Crippen LogP contribution in [0.5, 0.6) is 5.75 Å². The Balaban J connectivity index is 1.27. The molecule has 1 fully saturated rings. The molecular formula is C49H69N7O4Si. The fourth-order valence-corrected chi connectivity index (χ4v) is 13.1. The molecule has 0 aliphatic heterocycles. The van der Waals surface area contributed by atoms with Crippen molar-refractivity contribution in [3.8, 4) is 5.75 Å². The zero-order valence-corrected chi connectivity index (χ0v) is 39.4. The molecule has 2 aromatic heterocycles. The minimum absolute atomic E-state index is 0.00490. The predicted octanol–water partition coefficient (Wildman–Crippen LogP) is 9.69. The van der Waals surface area contributed by atoms with Crippen LogP contribution >= 0.6 is 0 Å². The van der Waals surface area contributed by atoms with Gasteiger partial charge in [-0.3, -0.25) is 10.00 Å². The highest BCUT2D eigenvalue weighted by Gasteiger charge is 2.50. The number of hydrogen-bond donors (Lipinski definition) is 3. The van der Waals surface area contributed by atoms with Crippen LogP contribution in [-0.4, -0.2) is 65.6 Å². The lowest BCUT2D eigenvalue weighted by Gasteiger charge is -2.44. The number of aromatic nitrogens is 4. The predicted molar refractivity (Wildman–Crippen MR) is 251 cm³/mol. The van der Waals surface area contributed by atoms with Crippen LogP contribution in [-0.2, 0) is 22.3 Å². The summed E-state index contributed by atoms with van der Waals surface area (Å²) >= 11 is 0. The van der Waals surface area contributed by atoms with Gasteiger partial charge in [0, 0.05) is 30.8 Å². The third kappa shape index (κ3) is 11.2. The zero-order valence-electron chi connectivity index (χ0n) is 38.4. The van der Waals surface area contributed by atoms with Gasteiger partial charge in [0.15, 0.2) is 5.82 Å². The number of methoxy groups -OCH3 is 1. The van der Waals surface area contributed by atoms with Crippen molar-refractivity contribution < 1.29 is 18.7 Å². The minimum Gasteiger partial charge on any atom is -0.496 e. The Labute approximate surface area is 364 Å². The van der Waals surface area contributed by atoms with Crippen molar-refractivity contribution >= 4 is 47.6 Å². The molecule has 3 aromatic carbocycles. The average molecular weight is 848 g/mol. The van der Waals surface area contributed by atoms with Gasteiger partial charge in [-0.25, -0.2) is 9.78 Å². The second-order valence-electron chi connectivity index (χ2n) is 19.7. The van der Waals surface area contributed by atoms with Crippen LogP contribution in [0, 0.1) is 11.3 Å². The molecule has 0 saturated heterocycles. The van der Waals surface area contributed by atoms with Gasteiger partial charge in [0.05, 0.1) is 19.9 Å². The summed E-state index contributed by atoms with van der Waals surface area (Å²) in [5, 5.41) is 17.5. The second kappa shape index (κ2) is 19.1. The standard InChI is InChI=1S/C49H69N7O4Si/c1-12-19-37(26-27-59-61(49(8,9)10,39-20-15-13-16-21-39)40-22-17-14-18-23-40)52-44-43-41(53-45(54-44)55-46(57)60-48(5,6)7)32-51-56(43)33-35-25-24-34(28-42(35)58-11)31-50-38-29-36(30-38)47(2,3)4/h13-18,20-25,28,32,36-38,50H,12,19,26-27,29-31,33H2,1-11H3,(H2,52,53,54,55,57)/t36?,37-,38?/m0/s1. The number of rotatable bonds is 17. The summed E-state index contributed by atoms with van der Waals surface area (Å²) in [5.41, 5.74) is 3.16. The van der Waals surface area contributed by atoms with Crippen LogP contribution in [0.25, 0.3) is 11.0 Å². The van der Waals surface area contributed by atoms with Crippen LogP contribution in [0.4, 0.5) is 16.6 Å². The number of ether oxygens (including phenoxy) is 2. The lowest BCUT2D eigenvalue weighted by Crippen LogP contribution is -2.66. The second-order valence-corrected chi connectivity index (χ2v) is 24.1. The van der Waals surface area contributed by atoms with E-state index in [-0.39, 0.29) is 17.0 Å². The van der Waals surface area contributed by atoms with Gasteiger partial charge in [0.1, 0.15) is 22.4 Å². The molecule has 2 heterocycles. The number of anilines is 2. The van der Waals surface area contributed by atoms with Gasteiger partial charge in [-0.05, 0) is 84.8 Å². The largest absolute Gasteiger partial charge is 0.496 e. The molecule has 6 rings (SSSR count). The van der Waals surface area contributed by atoms with Gasteiger partial charge in [-0.1, -0.05) is 128 Å². The third-order valence-electron chi connectivity index (χ3n) is 11.9. The molecular weight excluding hydrogens is 779 g/mol. The highest BCUT2D eigenvalue weighted by atomic mass is 28.4. The Morgan fingerprint density at radius 1 is 0.885 bits per heavy atom. The van der Waals surface area contributed by atoms with E-state index in [1.54, 1.807) is 13.3 Å². The summed E-state index contributed by atoms with van der Waals surface area (Å²) in [6.45, 7) is 23.3. The van der Waals surface area contributed by atoms with Gasteiger partial charge in [-0.15, -0.1) is 0 Å². The SMILES string of the molecule is CCC[C@@H](CCO[Si](c1ccccc1)(c1ccccc1)C(C)(C)C)Nc1nc(NC(=O)OC(C)(C)C)nc2cnn(Cc3ccc(CNC4CC(C(C)(C)C)C4)cc3OC)c12. The minimum atomic E-state index is -2.74. The monoisotopic (exact) mass is 848 g/mol. The van der Waals surface area contributed by atoms with Crippen LogP contribution in [0.1, 0.15) is 112 Å². The van der Waals surface area contributed by atoms with Gasteiger partial charge < -0.3 is 24.5 Å². The molecule has 1 aliphatic carbocycles. The molecule has 0 bridgehead atoms. The molecule has 5 aromatic rings. The Morgan fingerprint density at radius 2 is 1.54 bits per heavy atom. The molecule has 0 spiro atoms. The third-order valence-corrected chi connectivity index (χ3v) is 17.0. The summed E-state index contributed by atoms with van der Waals surface area (Å²) in [5.74, 6) is 2.27.